The first-order valence-corrected chi connectivity index (χ1v) is 13.1. The number of aromatic nitrogens is 1. The van der Waals surface area contributed by atoms with E-state index >= 15 is 0 Å². The largest absolute Gasteiger partial charge is 0.416 e. The maximum absolute atomic E-state index is 12.9. The maximum atomic E-state index is 12.9. The molecule has 6 atom stereocenters. The van der Waals surface area contributed by atoms with Crippen LogP contribution in [-0.2, 0) is 15.7 Å². The van der Waals surface area contributed by atoms with E-state index in [2.05, 4.69) is 20.9 Å². The molecule has 1 aromatic carbocycles. The summed E-state index contributed by atoms with van der Waals surface area (Å²) < 4.78 is 44.2. The Hall–Kier alpha value is -2.54. The van der Waals surface area contributed by atoms with Crippen molar-refractivity contribution in [3.05, 3.63) is 52.0 Å². The van der Waals surface area contributed by atoms with E-state index in [1.807, 2.05) is 5.38 Å². The molecule has 4 N–H and O–H groups in total. The average Bonchev–Trinajstić information content (AvgIpc) is 3.56. The third kappa shape index (κ3) is 6.67. The quantitative estimate of drug-likeness (QED) is 0.409. The van der Waals surface area contributed by atoms with E-state index in [1.54, 1.807) is 13.3 Å². The van der Waals surface area contributed by atoms with Gasteiger partial charge in [-0.2, -0.15) is 13.2 Å². The van der Waals surface area contributed by atoms with Crippen LogP contribution >= 0.6 is 11.3 Å². The predicted octanol–water partition coefficient (Wildman–Crippen LogP) is 2.41. The molecule has 2 aliphatic rings. The number of thiazole rings is 1. The molecule has 37 heavy (non-hydrogen) atoms. The summed E-state index contributed by atoms with van der Waals surface area (Å²) in [5.41, 5.74) is -1.09. The van der Waals surface area contributed by atoms with Gasteiger partial charge in [0.05, 0.1) is 29.8 Å². The molecule has 202 valence electrons. The number of aliphatic hydroxyl groups excluding tert-OH is 1. The predicted molar refractivity (Wildman–Crippen MR) is 131 cm³/mol. The Morgan fingerprint density at radius 2 is 2.08 bits per heavy atom. The summed E-state index contributed by atoms with van der Waals surface area (Å²) in [4.78, 5) is 29.4. The minimum Gasteiger partial charge on any atom is -0.392 e. The molecule has 5 unspecified atom stereocenters. The molecule has 2 aromatic rings. The van der Waals surface area contributed by atoms with Crippen LogP contribution in [0.4, 0.5) is 13.2 Å². The Kier molecular flexibility index (Phi) is 8.83. The van der Waals surface area contributed by atoms with Crippen molar-refractivity contribution in [2.45, 2.75) is 37.1 Å². The number of nitrogens with one attached hydrogen (secondary N) is 3. The van der Waals surface area contributed by atoms with Crippen molar-refractivity contribution in [2.24, 2.45) is 17.8 Å². The van der Waals surface area contributed by atoms with Crippen LogP contribution in [0.5, 0.6) is 0 Å². The van der Waals surface area contributed by atoms with Gasteiger partial charge < -0.3 is 25.8 Å². The highest BCUT2D eigenvalue weighted by Gasteiger charge is 2.44. The molecule has 2 amide bonds. The Labute approximate surface area is 217 Å². The molecule has 1 aromatic heterocycles. The molecule has 0 radical (unpaired) electrons. The van der Waals surface area contributed by atoms with Gasteiger partial charge in [-0.25, -0.2) is 4.98 Å². The minimum absolute atomic E-state index is 0.0543. The molecule has 2 heterocycles. The normalized spacial score (nSPS) is 28.1. The van der Waals surface area contributed by atoms with Gasteiger partial charge in [0.25, 0.3) is 5.91 Å². The zero-order valence-corrected chi connectivity index (χ0v) is 21.1. The van der Waals surface area contributed by atoms with Crippen LogP contribution in [0.3, 0.4) is 0 Å². The summed E-state index contributed by atoms with van der Waals surface area (Å²) >= 11 is 1.52. The highest BCUT2D eigenvalue weighted by molar-refractivity contribution is 7.09. The summed E-state index contributed by atoms with van der Waals surface area (Å²) in [6, 6.07) is 3.89. The summed E-state index contributed by atoms with van der Waals surface area (Å²) in [7, 11) is 1.61. The first-order valence-electron chi connectivity index (χ1n) is 12.2. The zero-order valence-electron chi connectivity index (χ0n) is 20.3. The number of benzene rings is 1. The second-order valence-corrected chi connectivity index (χ2v) is 10.6. The number of hydrogen-bond donors (Lipinski definition) is 4. The van der Waals surface area contributed by atoms with Crippen LogP contribution in [0.1, 0.15) is 39.7 Å². The SMILES string of the molecule is COCC1CC(C2CNC[C@@H]2NC(=O)CNC(=O)c2cccc(C(F)(F)F)c2)CC(c2nccs2)C1O. The fourth-order valence-corrected chi connectivity index (χ4v) is 6.32. The third-order valence-corrected chi connectivity index (χ3v) is 8.19. The molecule has 1 aliphatic carbocycles. The number of carbonyl (C=O) groups is 2. The Balaban J connectivity index is 1.36. The van der Waals surface area contributed by atoms with Gasteiger partial charge in [0.2, 0.25) is 5.91 Å². The lowest BCUT2D eigenvalue weighted by atomic mass is 9.68. The molecule has 12 heteroatoms. The second kappa shape index (κ2) is 11.9. The van der Waals surface area contributed by atoms with Crippen LogP contribution in [0.2, 0.25) is 0 Å². The fraction of sp³-hybridized carbons (Fsp3) is 0.560. The highest BCUT2D eigenvalue weighted by Crippen LogP contribution is 2.44. The molecule has 1 saturated heterocycles. The molecule has 1 saturated carbocycles. The van der Waals surface area contributed by atoms with E-state index in [1.165, 1.54) is 17.4 Å². The Morgan fingerprint density at radius 1 is 1.27 bits per heavy atom. The Bertz CT molecular complexity index is 1070. The van der Waals surface area contributed by atoms with Crippen molar-refractivity contribution < 1.29 is 32.6 Å². The van der Waals surface area contributed by atoms with Crippen LogP contribution in [-0.4, -0.2) is 67.4 Å². The summed E-state index contributed by atoms with van der Waals surface area (Å²) in [5.74, 6) is -1.02. The highest BCUT2D eigenvalue weighted by atomic mass is 32.1. The topological polar surface area (TPSA) is 113 Å². The van der Waals surface area contributed by atoms with Gasteiger partial charge in [-0.05, 0) is 42.9 Å². The number of halogens is 3. The fourth-order valence-electron chi connectivity index (χ4n) is 5.52. The minimum atomic E-state index is -4.56. The molecule has 0 bridgehead atoms. The lowest BCUT2D eigenvalue weighted by molar-refractivity contribution is -0.137. The standard InChI is InChI=1S/C25H31F3N4O4S/c1-36-13-16-7-15(9-18(22(16)34)24-30-5-6-37-24)19-10-29-11-20(19)32-21(33)12-31-23(35)14-3-2-4-17(8-14)25(26,27)28/h2-6,8,15-16,18-20,22,29,34H,7,9-13H2,1H3,(H,31,35)(H,32,33)/t15?,16?,18?,19?,20-,22?/m0/s1. The average molecular weight is 541 g/mol. The Morgan fingerprint density at radius 3 is 2.78 bits per heavy atom. The smallest absolute Gasteiger partial charge is 0.392 e. The summed E-state index contributed by atoms with van der Waals surface area (Å²) in [5, 5.41) is 22.5. The van der Waals surface area contributed by atoms with Gasteiger partial charge in [-0.15, -0.1) is 11.3 Å². The molecular weight excluding hydrogens is 509 g/mol. The number of ether oxygens (including phenoxy) is 1. The number of alkyl halides is 3. The van der Waals surface area contributed by atoms with E-state index in [9.17, 15) is 27.9 Å². The van der Waals surface area contributed by atoms with Crippen molar-refractivity contribution in [2.75, 3.05) is 33.4 Å². The van der Waals surface area contributed by atoms with Crippen LogP contribution in [0, 0.1) is 17.8 Å². The van der Waals surface area contributed by atoms with Gasteiger partial charge in [0.1, 0.15) is 0 Å². The number of aliphatic hydroxyl groups is 1. The molecule has 4 rings (SSSR count). The number of amides is 2. The second-order valence-electron chi connectivity index (χ2n) is 9.67. The number of rotatable bonds is 8. The van der Waals surface area contributed by atoms with Crippen molar-refractivity contribution >= 4 is 23.2 Å². The van der Waals surface area contributed by atoms with Crippen molar-refractivity contribution in [1.29, 1.82) is 0 Å². The van der Waals surface area contributed by atoms with E-state index in [0.29, 0.717) is 19.7 Å². The van der Waals surface area contributed by atoms with Crippen molar-refractivity contribution in [3.8, 4) is 0 Å². The lowest BCUT2D eigenvalue weighted by Gasteiger charge is -2.41. The number of nitrogens with zero attached hydrogens (tertiary/aromatic N) is 1. The number of carbonyl (C=O) groups excluding carboxylic acids is 2. The first-order chi connectivity index (χ1) is 17.7. The van der Waals surface area contributed by atoms with Crippen LogP contribution in [0.15, 0.2) is 35.8 Å². The van der Waals surface area contributed by atoms with E-state index < -0.39 is 29.7 Å². The van der Waals surface area contributed by atoms with Crippen LogP contribution < -0.4 is 16.0 Å². The van der Waals surface area contributed by atoms with Gasteiger partial charge in [0, 0.05) is 55.2 Å². The lowest BCUT2D eigenvalue weighted by Crippen LogP contribution is -2.49. The third-order valence-electron chi connectivity index (χ3n) is 7.28. The van der Waals surface area contributed by atoms with E-state index in [0.717, 1.165) is 36.0 Å². The van der Waals surface area contributed by atoms with Crippen LogP contribution in [0.25, 0.3) is 0 Å². The maximum Gasteiger partial charge on any atom is 0.416 e. The number of hydrogen-bond acceptors (Lipinski definition) is 7. The molecule has 8 nitrogen and oxygen atoms in total. The van der Waals surface area contributed by atoms with Crippen molar-refractivity contribution in [1.82, 2.24) is 20.9 Å². The summed E-state index contributed by atoms with van der Waals surface area (Å²) in [6.45, 7) is 1.34. The molecule has 1 aliphatic heterocycles. The van der Waals surface area contributed by atoms with Gasteiger partial charge in [-0.1, -0.05) is 6.07 Å². The van der Waals surface area contributed by atoms with Gasteiger partial charge >= 0.3 is 6.18 Å². The van der Waals surface area contributed by atoms with Gasteiger partial charge in [0.15, 0.2) is 0 Å². The number of methoxy groups -OCH3 is 1. The molecule has 0 spiro atoms. The van der Waals surface area contributed by atoms with Gasteiger partial charge in [-0.3, -0.25) is 9.59 Å². The molecular formula is C25H31F3N4O4S. The van der Waals surface area contributed by atoms with E-state index in [4.69, 9.17) is 4.74 Å². The monoisotopic (exact) mass is 540 g/mol. The van der Waals surface area contributed by atoms with Crippen molar-refractivity contribution in [3.63, 3.8) is 0 Å². The molecule has 2 fully saturated rings. The van der Waals surface area contributed by atoms with E-state index in [-0.39, 0.29) is 41.8 Å². The first kappa shape index (κ1) is 27.5. The zero-order chi connectivity index (χ0) is 26.6. The summed E-state index contributed by atoms with van der Waals surface area (Å²) in [6.07, 6.45) is -1.90.